The van der Waals surface area contributed by atoms with Gasteiger partial charge in [-0.3, -0.25) is 0 Å². The van der Waals surface area contributed by atoms with Crippen LogP contribution in [-0.2, 0) is 0 Å². The third-order valence-electron chi connectivity index (χ3n) is 2.19. The van der Waals surface area contributed by atoms with Crippen molar-refractivity contribution < 1.29 is 0 Å². The lowest BCUT2D eigenvalue weighted by atomic mass is 10.1. The molecule has 1 heteroatoms. The van der Waals surface area contributed by atoms with Crippen LogP contribution in [-0.4, -0.2) is 6.26 Å². The van der Waals surface area contributed by atoms with Crippen LogP contribution in [0.2, 0.25) is 0 Å². The zero-order valence-corrected chi connectivity index (χ0v) is 8.69. The van der Waals surface area contributed by atoms with E-state index >= 15 is 0 Å². The van der Waals surface area contributed by atoms with Crippen LogP contribution in [0.5, 0.6) is 0 Å². The Hall–Kier alpha value is -0.950. The molecule has 0 amide bonds. The standard InChI is InChI=1S/C12H12S/c1-9-7-10-5-3-4-6-11(10)12(8-9)13-2/h3-8H,1-2H3. The number of aryl methyl sites for hydroxylation is 1. The van der Waals surface area contributed by atoms with Crippen LogP contribution < -0.4 is 0 Å². The van der Waals surface area contributed by atoms with Gasteiger partial charge in [0.15, 0.2) is 0 Å². The maximum atomic E-state index is 2.24. The fraction of sp³-hybridized carbons (Fsp3) is 0.167. The monoisotopic (exact) mass is 188 g/mol. The van der Waals surface area contributed by atoms with Crippen LogP contribution in [0.15, 0.2) is 41.3 Å². The first-order valence-corrected chi connectivity index (χ1v) is 5.57. The summed E-state index contributed by atoms with van der Waals surface area (Å²) < 4.78 is 0. The number of benzene rings is 2. The van der Waals surface area contributed by atoms with Crippen molar-refractivity contribution in [3.63, 3.8) is 0 Å². The van der Waals surface area contributed by atoms with Gasteiger partial charge in [-0.15, -0.1) is 11.8 Å². The Morgan fingerprint density at radius 2 is 1.85 bits per heavy atom. The minimum Gasteiger partial charge on any atom is -0.129 e. The summed E-state index contributed by atoms with van der Waals surface area (Å²) in [6.07, 6.45) is 2.13. The van der Waals surface area contributed by atoms with Crippen molar-refractivity contribution in [1.29, 1.82) is 0 Å². The van der Waals surface area contributed by atoms with E-state index < -0.39 is 0 Å². The zero-order valence-electron chi connectivity index (χ0n) is 7.87. The number of fused-ring (bicyclic) bond motifs is 1. The maximum absolute atomic E-state index is 2.24. The van der Waals surface area contributed by atoms with Crippen molar-refractivity contribution in [3.8, 4) is 0 Å². The first-order chi connectivity index (χ1) is 6.31. The Kier molecular flexibility index (Phi) is 2.28. The van der Waals surface area contributed by atoms with E-state index in [1.165, 1.54) is 21.2 Å². The van der Waals surface area contributed by atoms with Gasteiger partial charge in [-0.2, -0.15) is 0 Å². The van der Waals surface area contributed by atoms with Gasteiger partial charge in [0.05, 0.1) is 0 Å². The SMILES string of the molecule is CSc1cc(C)cc2ccccc12. The maximum Gasteiger partial charge on any atom is 0.0150 e. The summed E-state index contributed by atoms with van der Waals surface area (Å²) in [6, 6.07) is 13.0. The molecule has 2 rings (SSSR count). The third kappa shape index (κ3) is 1.56. The van der Waals surface area contributed by atoms with Gasteiger partial charge in [-0.05, 0) is 35.6 Å². The van der Waals surface area contributed by atoms with Gasteiger partial charge in [0.25, 0.3) is 0 Å². The molecule has 0 aliphatic heterocycles. The van der Waals surface area contributed by atoms with E-state index in [1.807, 2.05) is 11.8 Å². The number of hydrogen-bond acceptors (Lipinski definition) is 1. The summed E-state index contributed by atoms with van der Waals surface area (Å²) in [5.74, 6) is 0. The smallest absolute Gasteiger partial charge is 0.0150 e. The molecule has 2 aromatic carbocycles. The van der Waals surface area contributed by atoms with E-state index in [0.29, 0.717) is 0 Å². The summed E-state index contributed by atoms with van der Waals surface area (Å²) in [4.78, 5) is 1.37. The molecule has 0 unspecified atom stereocenters. The third-order valence-corrected chi connectivity index (χ3v) is 2.97. The fourth-order valence-corrected chi connectivity index (χ4v) is 2.30. The molecule has 0 fully saturated rings. The van der Waals surface area contributed by atoms with Crippen molar-refractivity contribution >= 4 is 22.5 Å². The highest BCUT2D eigenvalue weighted by Gasteiger charge is 1.99. The molecule has 0 bridgehead atoms. The second-order valence-corrected chi connectivity index (χ2v) is 4.04. The summed E-state index contributed by atoms with van der Waals surface area (Å²) in [7, 11) is 0. The summed E-state index contributed by atoms with van der Waals surface area (Å²) in [6.45, 7) is 2.14. The Bertz CT molecular complexity index is 432. The summed E-state index contributed by atoms with van der Waals surface area (Å²) in [5.41, 5.74) is 1.34. The van der Waals surface area contributed by atoms with Gasteiger partial charge in [-0.1, -0.05) is 30.3 Å². The minimum absolute atomic E-state index is 1.34. The first kappa shape index (κ1) is 8.64. The number of rotatable bonds is 1. The molecule has 0 N–H and O–H groups in total. The second kappa shape index (κ2) is 3.43. The average Bonchev–Trinajstić information content (AvgIpc) is 2.16. The molecule has 0 atom stereocenters. The van der Waals surface area contributed by atoms with Crippen LogP contribution >= 0.6 is 11.8 Å². The molecule has 0 aliphatic carbocycles. The van der Waals surface area contributed by atoms with Gasteiger partial charge in [0, 0.05) is 4.90 Å². The van der Waals surface area contributed by atoms with Gasteiger partial charge in [-0.25, -0.2) is 0 Å². The van der Waals surface area contributed by atoms with E-state index in [0.717, 1.165) is 0 Å². The first-order valence-electron chi connectivity index (χ1n) is 4.34. The van der Waals surface area contributed by atoms with E-state index in [-0.39, 0.29) is 0 Å². The lowest BCUT2D eigenvalue weighted by molar-refractivity contribution is 1.42. The Morgan fingerprint density at radius 1 is 1.08 bits per heavy atom. The molecule has 0 saturated heterocycles. The minimum atomic E-state index is 1.34. The summed E-state index contributed by atoms with van der Waals surface area (Å²) in [5, 5.41) is 2.70. The largest absolute Gasteiger partial charge is 0.129 e. The molecule has 0 saturated carbocycles. The van der Waals surface area contributed by atoms with Crippen LogP contribution in [0.25, 0.3) is 10.8 Å². The van der Waals surface area contributed by atoms with Crippen molar-refractivity contribution in [2.24, 2.45) is 0 Å². The molecule has 0 aromatic heterocycles. The van der Waals surface area contributed by atoms with Crippen LogP contribution in [0.3, 0.4) is 0 Å². The van der Waals surface area contributed by atoms with E-state index in [4.69, 9.17) is 0 Å². The Labute approximate surface area is 83.0 Å². The lowest BCUT2D eigenvalue weighted by Gasteiger charge is -2.04. The Morgan fingerprint density at radius 3 is 2.62 bits per heavy atom. The van der Waals surface area contributed by atoms with Crippen LogP contribution in [0, 0.1) is 6.92 Å². The van der Waals surface area contributed by atoms with Crippen LogP contribution in [0.1, 0.15) is 5.56 Å². The molecule has 13 heavy (non-hydrogen) atoms. The van der Waals surface area contributed by atoms with E-state index in [9.17, 15) is 0 Å². The average molecular weight is 188 g/mol. The highest BCUT2D eigenvalue weighted by Crippen LogP contribution is 2.27. The predicted molar refractivity (Wildman–Crippen MR) is 60.5 cm³/mol. The van der Waals surface area contributed by atoms with Gasteiger partial charge in [0.2, 0.25) is 0 Å². The highest BCUT2D eigenvalue weighted by molar-refractivity contribution is 7.98. The van der Waals surface area contributed by atoms with E-state index in [2.05, 4.69) is 49.6 Å². The van der Waals surface area contributed by atoms with Gasteiger partial charge >= 0.3 is 0 Å². The molecule has 0 aliphatic rings. The zero-order chi connectivity index (χ0) is 9.26. The van der Waals surface area contributed by atoms with Crippen molar-refractivity contribution in [2.75, 3.05) is 6.26 Å². The molecule has 66 valence electrons. The number of thioether (sulfide) groups is 1. The highest BCUT2D eigenvalue weighted by atomic mass is 32.2. The normalized spacial score (nSPS) is 10.6. The quantitative estimate of drug-likeness (QED) is 0.612. The topological polar surface area (TPSA) is 0 Å². The van der Waals surface area contributed by atoms with E-state index in [1.54, 1.807) is 0 Å². The molecule has 0 heterocycles. The van der Waals surface area contributed by atoms with Crippen molar-refractivity contribution in [1.82, 2.24) is 0 Å². The molecule has 2 aromatic rings. The molecular formula is C12H12S. The van der Waals surface area contributed by atoms with Crippen molar-refractivity contribution in [3.05, 3.63) is 42.0 Å². The summed E-state index contributed by atoms with van der Waals surface area (Å²) >= 11 is 1.81. The lowest BCUT2D eigenvalue weighted by Crippen LogP contribution is -1.79. The molecule has 0 nitrogen and oxygen atoms in total. The van der Waals surface area contributed by atoms with Gasteiger partial charge < -0.3 is 0 Å². The van der Waals surface area contributed by atoms with Crippen LogP contribution in [0.4, 0.5) is 0 Å². The second-order valence-electron chi connectivity index (χ2n) is 3.19. The number of hydrogen-bond donors (Lipinski definition) is 0. The van der Waals surface area contributed by atoms with Gasteiger partial charge in [0.1, 0.15) is 0 Å². The van der Waals surface area contributed by atoms with Crippen molar-refractivity contribution in [2.45, 2.75) is 11.8 Å². The molecular weight excluding hydrogens is 176 g/mol. The predicted octanol–water partition coefficient (Wildman–Crippen LogP) is 3.87. The molecule has 0 radical (unpaired) electrons. The fourth-order valence-electron chi connectivity index (χ4n) is 1.59. The Balaban J connectivity index is 2.81. The molecule has 0 spiro atoms.